The standard InChI is InChI=1S/C20H13ClFN3O/c1-11-9-13(17(22)19(21)24-11)14-10-15-16(26)7-8-23-20(15)25-18(14)12-5-3-2-4-6-12/h2-10H,1H3,(H,23,25,26). The summed E-state index contributed by atoms with van der Waals surface area (Å²) in [5.41, 5.74) is 2.94. The molecule has 0 bridgehead atoms. The quantitative estimate of drug-likeness (QED) is 0.521. The molecule has 1 aromatic carbocycles. The van der Waals surface area contributed by atoms with Gasteiger partial charge in [0, 0.05) is 34.6 Å². The topological polar surface area (TPSA) is 58.6 Å². The molecule has 6 heteroatoms. The van der Waals surface area contributed by atoms with E-state index in [-0.39, 0.29) is 16.1 Å². The third kappa shape index (κ3) is 2.76. The summed E-state index contributed by atoms with van der Waals surface area (Å²) < 4.78 is 14.8. The van der Waals surface area contributed by atoms with Gasteiger partial charge in [0.15, 0.2) is 16.4 Å². The van der Waals surface area contributed by atoms with Crippen molar-refractivity contribution in [2.24, 2.45) is 0 Å². The van der Waals surface area contributed by atoms with E-state index >= 15 is 0 Å². The van der Waals surface area contributed by atoms with E-state index in [0.717, 1.165) is 5.56 Å². The fourth-order valence-corrected chi connectivity index (χ4v) is 3.17. The van der Waals surface area contributed by atoms with Crippen molar-refractivity contribution in [1.29, 1.82) is 0 Å². The second-order valence-corrected chi connectivity index (χ2v) is 6.26. The molecule has 4 aromatic rings. The maximum absolute atomic E-state index is 14.8. The minimum atomic E-state index is -0.636. The molecule has 0 saturated carbocycles. The van der Waals surface area contributed by atoms with Crippen LogP contribution in [0.15, 0.2) is 59.5 Å². The molecule has 3 aromatic heterocycles. The molecule has 128 valence electrons. The number of hydrogen-bond donors (Lipinski definition) is 1. The van der Waals surface area contributed by atoms with E-state index in [1.165, 1.54) is 6.07 Å². The zero-order valence-corrected chi connectivity index (χ0v) is 14.5. The zero-order chi connectivity index (χ0) is 18.3. The summed E-state index contributed by atoms with van der Waals surface area (Å²) in [6.07, 6.45) is 1.54. The van der Waals surface area contributed by atoms with Gasteiger partial charge in [0.25, 0.3) is 0 Å². The van der Waals surface area contributed by atoms with Crippen LogP contribution in [0.5, 0.6) is 0 Å². The number of pyridine rings is 3. The number of fused-ring (bicyclic) bond motifs is 1. The highest BCUT2D eigenvalue weighted by atomic mass is 35.5. The lowest BCUT2D eigenvalue weighted by Crippen LogP contribution is -2.04. The van der Waals surface area contributed by atoms with Crippen LogP contribution in [-0.2, 0) is 0 Å². The maximum atomic E-state index is 14.8. The Morgan fingerprint density at radius 2 is 1.81 bits per heavy atom. The van der Waals surface area contributed by atoms with Crippen LogP contribution in [0, 0.1) is 12.7 Å². The summed E-state index contributed by atoms with van der Waals surface area (Å²) in [6, 6.07) is 14.1. The molecule has 0 aliphatic carbocycles. The highest BCUT2D eigenvalue weighted by Crippen LogP contribution is 2.35. The second-order valence-electron chi connectivity index (χ2n) is 5.90. The monoisotopic (exact) mass is 365 g/mol. The lowest BCUT2D eigenvalue weighted by Gasteiger charge is -2.13. The molecule has 0 radical (unpaired) electrons. The Morgan fingerprint density at radius 1 is 1.04 bits per heavy atom. The number of hydrogen-bond acceptors (Lipinski definition) is 3. The SMILES string of the molecule is Cc1cc(-c2cc3c(=O)cc[nH]c3nc2-c2ccccc2)c(F)c(Cl)n1. The predicted molar refractivity (Wildman–Crippen MR) is 101 cm³/mol. The molecule has 0 amide bonds. The summed E-state index contributed by atoms with van der Waals surface area (Å²) in [6.45, 7) is 1.73. The first-order chi connectivity index (χ1) is 12.5. The lowest BCUT2D eigenvalue weighted by molar-refractivity contribution is 0.624. The largest absolute Gasteiger partial charge is 0.346 e. The Hall–Kier alpha value is -3.05. The minimum absolute atomic E-state index is 0.190. The Morgan fingerprint density at radius 3 is 2.58 bits per heavy atom. The van der Waals surface area contributed by atoms with Gasteiger partial charge >= 0.3 is 0 Å². The first-order valence-electron chi connectivity index (χ1n) is 7.95. The van der Waals surface area contributed by atoms with Crippen molar-refractivity contribution in [1.82, 2.24) is 15.0 Å². The van der Waals surface area contributed by atoms with Crippen molar-refractivity contribution in [2.45, 2.75) is 6.92 Å². The van der Waals surface area contributed by atoms with E-state index in [1.54, 1.807) is 25.3 Å². The number of aryl methyl sites for hydroxylation is 1. The highest BCUT2D eigenvalue weighted by Gasteiger charge is 2.18. The maximum Gasteiger partial charge on any atom is 0.191 e. The number of benzene rings is 1. The first-order valence-corrected chi connectivity index (χ1v) is 8.33. The van der Waals surface area contributed by atoms with Crippen molar-refractivity contribution in [3.63, 3.8) is 0 Å². The van der Waals surface area contributed by atoms with E-state index in [4.69, 9.17) is 11.6 Å². The van der Waals surface area contributed by atoms with Gasteiger partial charge < -0.3 is 4.98 Å². The fourth-order valence-electron chi connectivity index (χ4n) is 2.93. The number of nitrogens with zero attached hydrogens (tertiary/aromatic N) is 2. The van der Waals surface area contributed by atoms with Gasteiger partial charge in [0.05, 0.1) is 11.1 Å². The van der Waals surface area contributed by atoms with Crippen molar-refractivity contribution >= 4 is 22.6 Å². The van der Waals surface area contributed by atoms with Crippen molar-refractivity contribution in [3.8, 4) is 22.4 Å². The predicted octanol–water partition coefficient (Wildman–Crippen LogP) is 4.75. The first kappa shape index (κ1) is 16.4. The molecule has 0 aliphatic rings. The molecule has 1 N–H and O–H groups in total. The van der Waals surface area contributed by atoms with Crippen LogP contribution >= 0.6 is 11.6 Å². The number of nitrogens with one attached hydrogen (secondary N) is 1. The average Bonchev–Trinajstić information content (AvgIpc) is 2.65. The zero-order valence-electron chi connectivity index (χ0n) is 13.8. The van der Waals surface area contributed by atoms with E-state index in [2.05, 4.69) is 15.0 Å². The molecule has 0 atom stereocenters. The van der Waals surface area contributed by atoms with Gasteiger partial charge in [-0.25, -0.2) is 14.4 Å². The van der Waals surface area contributed by atoms with E-state index in [0.29, 0.717) is 28.0 Å². The third-order valence-electron chi connectivity index (χ3n) is 4.13. The minimum Gasteiger partial charge on any atom is -0.346 e. The number of halogens is 2. The van der Waals surface area contributed by atoms with Crippen molar-refractivity contribution in [2.75, 3.05) is 0 Å². The van der Waals surface area contributed by atoms with Gasteiger partial charge in [-0.15, -0.1) is 0 Å². The smallest absolute Gasteiger partial charge is 0.191 e. The molecule has 4 rings (SSSR count). The normalized spacial score (nSPS) is 11.0. The Kier molecular flexibility index (Phi) is 4.01. The molecular weight excluding hydrogens is 353 g/mol. The molecule has 26 heavy (non-hydrogen) atoms. The summed E-state index contributed by atoms with van der Waals surface area (Å²) >= 11 is 5.94. The van der Waals surface area contributed by atoms with Gasteiger partial charge in [-0.2, -0.15) is 0 Å². The molecule has 0 unspecified atom stereocenters. The molecular formula is C20H13ClFN3O. The fraction of sp³-hybridized carbons (Fsp3) is 0.0500. The van der Waals surface area contributed by atoms with Crippen LogP contribution in [0.25, 0.3) is 33.4 Å². The highest BCUT2D eigenvalue weighted by molar-refractivity contribution is 6.29. The Labute approximate surface area is 153 Å². The van der Waals surface area contributed by atoms with Gasteiger partial charge in [0.2, 0.25) is 0 Å². The molecule has 4 nitrogen and oxygen atoms in total. The summed E-state index contributed by atoms with van der Waals surface area (Å²) in [5.74, 6) is -0.636. The number of rotatable bonds is 2. The molecule has 0 saturated heterocycles. The molecule has 0 fully saturated rings. The average molecular weight is 366 g/mol. The number of H-pyrrole nitrogens is 1. The number of aromatic nitrogens is 3. The van der Waals surface area contributed by atoms with Crippen LogP contribution in [0.3, 0.4) is 0 Å². The molecule has 0 spiro atoms. The van der Waals surface area contributed by atoms with Crippen LogP contribution in [0.2, 0.25) is 5.15 Å². The third-order valence-corrected chi connectivity index (χ3v) is 4.38. The summed E-state index contributed by atoms with van der Waals surface area (Å²) in [4.78, 5) is 23.8. The summed E-state index contributed by atoms with van der Waals surface area (Å²) in [5, 5.41) is 0.174. The lowest BCUT2D eigenvalue weighted by atomic mass is 9.98. The van der Waals surface area contributed by atoms with Gasteiger partial charge in [-0.3, -0.25) is 4.79 Å². The van der Waals surface area contributed by atoms with Crippen LogP contribution in [0.4, 0.5) is 4.39 Å². The van der Waals surface area contributed by atoms with Gasteiger partial charge in [-0.1, -0.05) is 41.9 Å². The van der Waals surface area contributed by atoms with Crippen LogP contribution in [-0.4, -0.2) is 15.0 Å². The molecule has 3 heterocycles. The van der Waals surface area contributed by atoms with Crippen molar-refractivity contribution in [3.05, 3.63) is 81.6 Å². The second kappa shape index (κ2) is 6.35. The van der Waals surface area contributed by atoms with E-state index in [1.807, 2.05) is 30.3 Å². The Balaban J connectivity index is 2.13. The van der Waals surface area contributed by atoms with Gasteiger partial charge in [-0.05, 0) is 19.1 Å². The van der Waals surface area contributed by atoms with E-state index < -0.39 is 5.82 Å². The van der Waals surface area contributed by atoms with Crippen LogP contribution in [0.1, 0.15) is 5.69 Å². The number of aromatic amines is 1. The molecule has 0 aliphatic heterocycles. The van der Waals surface area contributed by atoms with E-state index in [9.17, 15) is 9.18 Å². The van der Waals surface area contributed by atoms with Crippen molar-refractivity contribution < 1.29 is 4.39 Å². The Bertz CT molecular complexity index is 1190. The van der Waals surface area contributed by atoms with Crippen LogP contribution < -0.4 is 5.43 Å². The summed E-state index contributed by atoms with van der Waals surface area (Å²) in [7, 11) is 0. The van der Waals surface area contributed by atoms with Gasteiger partial charge in [0.1, 0.15) is 5.65 Å².